The van der Waals surface area contributed by atoms with Crippen molar-refractivity contribution in [3.05, 3.63) is 65.1 Å². The Morgan fingerprint density at radius 1 is 1.31 bits per heavy atom. The first-order valence-corrected chi connectivity index (χ1v) is 10.5. The van der Waals surface area contributed by atoms with Gasteiger partial charge >= 0.3 is 0 Å². The molecule has 2 atom stereocenters. The van der Waals surface area contributed by atoms with Crippen LogP contribution >= 0.6 is 0 Å². The van der Waals surface area contributed by atoms with Crippen LogP contribution < -0.4 is 16.6 Å². The lowest BCUT2D eigenvalue weighted by Crippen LogP contribution is -2.52. The second kappa shape index (κ2) is 8.96. The summed E-state index contributed by atoms with van der Waals surface area (Å²) in [5.41, 5.74) is 6.31. The number of aromatic amines is 1. The Hall–Kier alpha value is -4.62. The summed E-state index contributed by atoms with van der Waals surface area (Å²) in [6.45, 7) is 0.213. The molecule has 0 aliphatic carbocycles. The highest BCUT2D eigenvalue weighted by atomic mass is 16.5. The molecule has 4 heterocycles. The van der Waals surface area contributed by atoms with E-state index in [2.05, 4.69) is 25.4 Å². The largest absolute Gasteiger partial charge is 0.382 e. The van der Waals surface area contributed by atoms with Crippen LogP contribution in [0.25, 0.3) is 21.9 Å². The minimum Gasteiger partial charge on any atom is -0.382 e. The van der Waals surface area contributed by atoms with E-state index in [-0.39, 0.29) is 41.6 Å². The van der Waals surface area contributed by atoms with Crippen LogP contribution in [0.1, 0.15) is 11.9 Å². The zero-order valence-electron chi connectivity index (χ0n) is 18.1. The average Bonchev–Trinajstić information content (AvgIpc) is 3.24. The van der Waals surface area contributed by atoms with E-state index in [0.717, 1.165) is 5.69 Å². The number of nitrogen functional groups attached to an aromatic ring is 1. The van der Waals surface area contributed by atoms with E-state index < -0.39 is 23.7 Å². The van der Waals surface area contributed by atoms with E-state index in [1.807, 2.05) is 0 Å². The van der Waals surface area contributed by atoms with Gasteiger partial charge in [-0.2, -0.15) is 4.98 Å². The number of hydrogen-bond acceptors (Lipinski definition) is 11. The Kier molecular flexibility index (Phi) is 5.68. The molecule has 1 aliphatic heterocycles. The number of nitrogens with two attached hydrogens (primary N) is 1. The summed E-state index contributed by atoms with van der Waals surface area (Å²) in [5.74, 6) is -0.749. The van der Waals surface area contributed by atoms with Crippen LogP contribution in [-0.2, 0) is 9.53 Å². The molecule has 0 bridgehead atoms. The van der Waals surface area contributed by atoms with Crippen molar-refractivity contribution in [2.24, 2.45) is 0 Å². The predicted molar refractivity (Wildman–Crippen MR) is 125 cm³/mol. The van der Waals surface area contributed by atoms with Gasteiger partial charge in [0.05, 0.1) is 24.1 Å². The molecular weight excluding hydrogens is 456 g/mol. The van der Waals surface area contributed by atoms with Crippen LogP contribution in [-0.4, -0.2) is 61.1 Å². The summed E-state index contributed by atoms with van der Waals surface area (Å²) in [4.78, 5) is 37.6. The summed E-state index contributed by atoms with van der Waals surface area (Å²) >= 11 is 0. The van der Waals surface area contributed by atoms with Crippen LogP contribution in [0.3, 0.4) is 0 Å². The highest BCUT2D eigenvalue weighted by Gasteiger charge is 2.38. The lowest BCUT2D eigenvalue weighted by atomic mass is 10.1. The third kappa shape index (κ3) is 4.09. The Labute approximate surface area is 196 Å². The molecule has 2 unspecified atom stereocenters. The van der Waals surface area contributed by atoms with Gasteiger partial charge in [-0.05, 0) is 30.3 Å². The minimum atomic E-state index is -1.58. The van der Waals surface area contributed by atoms with E-state index in [9.17, 15) is 14.7 Å². The fraction of sp³-hybridized carbons (Fsp3) is 0.182. The number of amidine groups is 1. The highest BCUT2D eigenvalue weighted by molar-refractivity contribution is 6.06. The molecule has 1 aliphatic rings. The molecule has 1 saturated heterocycles. The molecule has 0 saturated carbocycles. The molecule has 13 nitrogen and oxygen atoms in total. The SMILES string of the molecule is N=C(/C=C\Nc1ccncc1)N1CCOC(C(O)c2nc(=O)c3c(ccc4c(N)noc43)[nH]2)C1=O. The summed E-state index contributed by atoms with van der Waals surface area (Å²) in [5, 5.41) is 26.4. The van der Waals surface area contributed by atoms with Crippen molar-refractivity contribution in [1.82, 2.24) is 25.0 Å². The molecule has 178 valence electrons. The van der Waals surface area contributed by atoms with Gasteiger partial charge in [0.15, 0.2) is 17.5 Å². The van der Waals surface area contributed by atoms with Crippen LogP contribution in [0.15, 0.2) is 58.3 Å². The average molecular weight is 476 g/mol. The third-order valence-corrected chi connectivity index (χ3v) is 5.52. The number of H-pyrrole nitrogens is 1. The van der Waals surface area contributed by atoms with Crippen LogP contribution in [0.4, 0.5) is 11.5 Å². The third-order valence-electron chi connectivity index (χ3n) is 5.52. The van der Waals surface area contributed by atoms with E-state index in [4.69, 9.17) is 20.4 Å². The van der Waals surface area contributed by atoms with Gasteiger partial charge in [0, 0.05) is 24.3 Å². The van der Waals surface area contributed by atoms with Gasteiger partial charge in [-0.3, -0.25) is 24.9 Å². The number of fused-ring (bicyclic) bond motifs is 3. The van der Waals surface area contributed by atoms with Gasteiger partial charge in [0.1, 0.15) is 23.2 Å². The van der Waals surface area contributed by atoms with Gasteiger partial charge in [-0.1, -0.05) is 5.16 Å². The van der Waals surface area contributed by atoms with E-state index >= 15 is 0 Å². The smallest absolute Gasteiger partial charge is 0.284 e. The Balaban J connectivity index is 1.36. The van der Waals surface area contributed by atoms with Gasteiger partial charge in [0.2, 0.25) is 0 Å². The summed E-state index contributed by atoms with van der Waals surface area (Å²) in [6.07, 6.45) is 3.23. The van der Waals surface area contributed by atoms with Crippen molar-refractivity contribution in [2.45, 2.75) is 12.2 Å². The number of aromatic nitrogens is 4. The van der Waals surface area contributed by atoms with E-state index in [1.54, 1.807) is 36.7 Å². The molecule has 1 fully saturated rings. The van der Waals surface area contributed by atoms with Crippen molar-refractivity contribution in [3.63, 3.8) is 0 Å². The van der Waals surface area contributed by atoms with Gasteiger partial charge in [-0.25, -0.2) is 0 Å². The predicted octanol–water partition coefficient (Wildman–Crippen LogP) is 0.905. The number of morpholine rings is 1. The molecule has 13 heteroatoms. The molecule has 3 aromatic heterocycles. The van der Waals surface area contributed by atoms with Crippen molar-refractivity contribution in [3.8, 4) is 0 Å². The number of amides is 1. The number of nitrogens with one attached hydrogen (secondary N) is 3. The van der Waals surface area contributed by atoms with Crippen LogP contribution in [0.2, 0.25) is 0 Å². The van der Waals surface area contributed by atoms with Crippen molar-refractivity contribution in [2.75, 3.05) is 24.2 Å². The second-order valence-electron chi connectivity index (χ2n) is 7.68. The molecular formula is C22H20N8O5. The maximum Gasteiger partial charge on any atom is 0.284 e. The number of aliphatic hydroxyl groups is 1. The number of carbonyl (C=O) groups excluding carboxylic acids is 1. The lowest BCUT2D eigenvalue weighted by molar-refractivity contribution is -0.157. The second-order valence-corrected chi connectivity index (χ2v) is 7.68. The van der Waals surface area contributed by atoms with Crippen LogP contribution in [0, 0.1) is 5.41 Å². The number of aliphatic hydroxyl groups excluding tert-OH is 1. The fourth-order valence-corrected chi connectivity index (χ4v) is 3.78. The fourth-order valence-electron chi connectivity index (χ4n) is 3.78. The highest BCUT2D eigenvalue weighted by Crippen LogP contribution is 2.27. The molecule has 1 aromatic carbocycles. The monoisotopic (exact) mass is 476 g/mol. The zero-order valence-corrected chi connectivity index (χ0v) is 18.1. The van der Waals surface area contributed by atoms with Crippen molar-refractivity contribution >= 4 is 45.1 Å². The van der Waals surface area contributed by atoms with E-state index in [1.165, 1.54) is 17.2 Å². The minimum absolute atomic E-state index is 0.0806. The molecule has 35 heavy (non-hydrogen) atoms. The first kappa shape index (κ1) is 22.2. The van der Waals surface area contributed by atoms with Crippen LogP contribution in [0.5, 0.6) is 0 Å². The number of rotatable bonds is 5. The molecule has 4 aromatic rings. The summed E-state index contributed by atoms with van der Waals surface area (Å²) in [6, 6.07) is 6.70. The number of anilines is 2. The number of carbonyl (C=O) groups is 1. The molecule has 1 amide bonds. The quantitative estimate of drug-likeness (QED) is 0.204. The normalized spacial score (nSPS) is 17.3. The van der Waals surface area contributed by atoms with Gasteiger partial charge in [-0.15, -0.1) is 0 Å². The molecule has 0 radical (unpaired) electrons. The first-order valence-electron chi connectivity index (χ1n) is 10.5. The lowest BCUT2D eigenvalue weighted by Gasteiger charge is -2.33. The number of nitrogens with zero attached hydrogens (tertiary/aromatic N) is 4. The van der Waals surface area contributed by atoms with Gasteiger partial charge in [0.25, 0.3) is 11.5 Å². The number of hydrogen-bond donors (Lipinski definition) is 5. The zero-order chi connectivity index (χ0) is 24.5. The first-order chi connectivity index (χ1) is 16.9. The Bertz CT molecular complexity index is 1510. The Morgan fingerprint density at radius 2 is 2.11 bits per heavy atom. The van der Waals surface area contributed by atoms with Gasteiger partial charge < -0.3 is 30.4 Å². The summed E-state index contributed by atoms with van der Waals surface area (Å²) < 4.78 is 10.7. The molecule has 0 spiro atoms. The van der Waals surface area contributed by atoms with E-state index in [0.29, 0.717) is 10.9 Å². The maximum atomic E-state index is 13.0. The maximum absolute atomic E-state index is 13.0. The summed E-state index contributed by atoms with van der Waals surface area (Å²) in [7, 11) is 0. The Morgan fingerprint density at radius 3 is 2.91 bits per heavy atom. The molecule has 6 N–H and O–H groups in total. The van der Waals surface area contributed by atoms with Crippen molar-refractivity contribution < 1.29 is 19.2 Å². The number of pyridine rings is 1. The number of benzene rings is 1. The molecule has 5 rings (SSSR count). The number of ether oxygens (including phenoxy) is 1. The topological polar surface area (TPSA) is 196 Å². The standard InChI is InChI=1S/C22H20N8O5/c23-14(5-8-26-11-3-6-25-7-4-11)30-9-10-34-18(22(30)33)16(31)20-27-13-2-1-12-17(35-29-19(12)24)15(13)21(32)28-20/h1-8,16,18,23,31H,9-10H2,(H2,24,29)(H,25,26)(H,27,28,32)/b8-5-,23-14?. The van der Waals surface area contributed by atoms with Crippen molar-refractivity contribution in [1.29, 1.82) is 5.41 Å².